The highest BCUT2D eigenvalue weighted by molar-refractivity contribution is 7.92. The van der Waals surface area contributed by atoms with Crippen LogP contribution in [0.15, 0.2) is 84.0 Å². The van der Waals surface area contributed by atoms with Gasteiger partial charge in [0.25, 0.3) is 10.0 Å². The Morgan fingerprint density at radius 3 is 2.37 bits per heavy atom. The number of rotatable bonds is 7. The van der Waals surface area contributed by atoms with Crippen LogP contribution in [0, 0.1) is 0 Å². The lowest BCUT2D eigenvalue weighted by molar-refractivity contribution is 0.261. The molecule has 7 heteroatoms. The fraction of sp³-hybridized carbons (Fsp3) is 0.261. The smallest absolute Gasteiger partial charge is 0.279 e. The first-order chi connectivity index (χ1) is 14.6. The Morgan fingerprint density at radius 2 is 1.63 bits per heavy atom. The van der Waals surface area contributed by atoms with E-state index in [2.05, 4.69) is 43.8 Å². The van der Waals surface area contributed by atoms with Gasteiger partial charge < -0.3 is 4.90 Å². The van der Waals surface area contributed by atoms with Crippen LogP contribution in [0.1, 0.15) is 5.56 Å². The molecule has 0 saturated carbocycles. The Hall–Kier alpha value is -2.90. The Bertz CT molecular complexity index is 1050. The highest BCUT2D eigenvalue weighted by Crippen LogP contribution is 2.18. The van der Waals surface area contributed by atoms with Gasteiger partial charge in [0, 0.05) is 50.3 Å². The predicted octanol–water partition coefficient (Wildman–Crippen LogP) is 3.25. The summed E-state index contributed by atoms with van der Waals surface area (Å²) in [6.45, 7) is 5.06. The summed E-state index contributed by atoms with van der Waals surface area (Å²) >= 11 is 0. The third-order valence-electron chi connectivity index (χ3n) is 5.30. The number of nitrogens with zero attached hydrogens (tertiary/aromatic N) is 3. The molecule has 1 fully saturated rings. The fourth-order valence-electron chi connectivity index (χ4n) is 3.66. The van der Waals surface area contributed by atoms with Gasteiger partial charge in [-0.1, -0.05) is 36.4 Å². The Kier molecular flexibility index (Phi) is 6.30. The number of benzene rings is 2. The average molecular weight is 423 g/mol. The van der Waals surface area contributed by atoms with E-state index in [0.717, 1.165) is 44.7 Å². The molecule has 156 valence electrons. The molecule has 0 radical (unpaired) electrons. The van der Waals surface area contributed by atoms with Gasteiger partial charge >= 0.3 is 0 Å². The molecule has 0 amide bonds. The molecule has 1 N–H and O–H groups in total. The molecule has 1 aliphatic rings. The van der Waals surface area contributed by atoms with E-state index >= 15 is 0 Å². The number of aromatic nitrogens is 1. The maximum absolute atomic E-state index is 12.5. The number of nitrogens with one attached hydrogen (secondary N) is 1. The molecule has 30 heavy (non-hydrogen) atoms. The van der Waals surface area contributed by atoms with Crippen LogP contribution >= 0.6 is 0 Å². The molecule has 0 bridgehead atoms. The highest BCUT2D eigenvalue weighted by atomic mass is 32.2. The van der Waals surface area contributed by atoms with E-state index in [-0.39, 0.29) is 5.03 Å². The lowest BCUT2D eigenvalue weighted by atomic mass is 10.1. The van der Waals surface area contributed by atoms with Crippen LogP contribution in [0.2, 0.25) is 0 Å². The van der Waals surface area contributed by atoms with Crippen molar-refractivity contribution in [2.75, 3.05) is 42.3 Å². The van der Waals surface area contributed by atoms with Gasteiger partial charge in [-0.15, -0.1) is 0 Å². The van der Waals surface area contributed by atoms with Gasteiger partial charge in [-0.05, 0) is 48.4 Å². The SMILES string of the molecule is O=S(=O)(Nc1cccc(CCN2CCN(c3ccccc3)CC2)c1)c1ccccn1. The molecule has 2 heterocycles. The lowest BCUT2D eigenvalue weighted by Gasteiger charge is -2.36. The summed E-state index contributed by atoms with van der Waals surface area (Å²) in [6, 6.07) is 23.0. The number of pyridine rings is 1. The van der Waals surface area contributed by atoms with Crippen LogP contribution in [0.25, 0.3) is 0 Å². The number of sulfonamides is 1. The van der Waals surface area contributed by atoms with Gasteiger partial charge in [-0.25, -0.2) is 4.98 Å². The number of hydrogen-bond donors (Lipinski definition) is 1. The molecule has 1 saturated heterocycles. The summed E-state index contributed by atoms with van der Waals surface area (Å²) in [4.78, 5) is 8.82. The van der Waals surface area contributed by atoms with E-state index in [4.69, 9.17) is 0 Å². The normalized spacial score (nSPS) is 15.1. The van der Waals surface area contributed by atoms with Crippen molar-refractivity contribution in [2.45, 2.75) is 11.4 Å². The zero-order valence-electron chi connectivity index (χ0n) is 16.8. The summed E-state index contributed by atoms with van der Waals surface area (Å²) in [5, 5.41) is 0.0201. The molecule has 0 spiro atoms. The zero-order valence-corrected chi connectivity index (χ0v) is 17.6. The minimum absolute atomic E-state index is 0.0201. The summed E-state index contributed by atoms with van der Waals surface area (Å²) in [5.74, 6) is 0. The predicted molar refractivity (Wildman–Crippen MR) is 120 cm³/mol. The lowest BCUT2D eigenvalue weighted by Crippen LogP contribution is -2.46. The molecule has 6 nitrogen and oxygen atoms in total. The first-order valence-electron chi connectivity index (χ1n) is 10.2. The van der Waals surface area contributed by atoms with Crippen molar-refractivity contribution >= 4 is 21.4 Å². The van der Waals surface area contributed by atoms with E-state index in [9.17, 15) is 8.42 Å². The van der Waals surface area contributed by atoms with Crippen LogP contribution in [0.5, 0.6) is 0 Å². The molecule has 0 atom stereocenters. The number of anilines is 2. The maximum Gasteiger partial charge on any atom is 0.279 e. The fourth-order valence-corrected chi connectivity index (χ4v) is 4.66. The van der Waals surface area contributed by atoms with Crippen molar-refractivity contribution < 1.29 is 8.42 Å². The van der Waals surface area contributed by atoms with Crippen LogP contribution in [-0.2, 0) is 16.4 Å². The van der Waals surface area contributed by atoms with E-state index < -0.39 is 10.0 Å². The minimum atomic E-state index is -3.68. The summed E-state index contributed by atoms with van der Waals surface area (Å²) in [5.41, 5.74) is 2.96. The van der Waals surface area contributed by atoms with Crippen molar-refractivity contribution in [3.63, 3.8) is 0 Å². The first kappa shape index (κ1) is 20.4. The van der Waals surface area contributed by atoms with Crippen LogP contribution < -0.4 is 9.62 Å². The topological polar surface area (TPSA) is 65.5 Å². The van der Waals surface area contributed by atoms with Crippen molar-refractivity contribution in [1.29, 1.82) is 0 Å². The standard InChI is InChI=1S/C23H26N4O2S/c28-30(29,23-11-4-5-13-24-23)25-21-8-6-7-20(19-21)12-14-26-15-17-27(18-16-26)22-9-2-1-3-10-22/h1-11,13,19,25H,12,14-18H2. The molecule has 1 aliphatic heterocycles. The quantitative estimate of drug-likeness (QED) is 0.633. The van der Waals surface area contributed by atoms with Gasteiger partial charge in [0.05, 0.1) is 0 Å². The molecular weight excluding hydrogens is 396 g/mol. The Balaban J connectivity index is 1.31. The molecule has 2 aromatic carbocycles. The largest absolute Gasteiger partial charge is 0.369 e. The van der Waals surface area contributed by atoms with Crippen molar-refractivity contribution in [3.05, 3.63) is 84.6 Å². The van der Waals surface area contributed by atoms with Crippen LogP contribution in [0.3, 0.4) is 0 Å². The average Bonchev–Trinajstić information content (AvgIpc) is 2.79. The number of para-hydroxylation sites is 1. The Labute approximate surface area is 178 Å². The highest BCUT2D eigenvalue weighted by Gasteiger charge is 2.17. The first-order valence-corrected chi connectivity index (χ1v) is 11.6. The molecule has 1 aromatic heterocycles. The molecular formula is C23H26N4O2S. The summed E-state index contributed by atoms with van der Waals surface area (Å²) in [6.07, 6.45) is 2.35. The zero-order chi connectivity index (χ0) is 20.8. The van der Waals surface area contributed by atoms with Crippen molar-refractivity contribution in [2.24, 2.45) is 0 Å². The van der Waals surface area contributed by atoms with E-state index in [1.54, 1.807) is 18.2 Å². The van der Waals surface area contributed by atoms with Gasteiger partial charge in [0.2, 0.25) is 0 Å². The van der Waals surface area contributed by atoms with E-state index in [1.807, 2.05) is 24.3 Å². The summed E-state index contributed by atoms with van der Waals surface area (Å²) < 4.78 is 27.6. The second kappa shape index (κ2) is 9.28. The van der Waals surface area contributed by atoms with E-state index in [1.165, 1.54) is 18.0 Å². The van der Waals surface area contributed by atoms with E-state index in [0.29, 0.717) is 5.69 Å². The second-order valence-corrected chi connectivity index (χ2v) is 9.02. The van der Waals surface area contributed by atoms with Crippen molar-refractivity contribution in [3.8, 4) is 0 Å². The van der Waals surface area contributed by atoms with Gasteiger partial charge in [0.15, 0.2) is 5.03 Å². The molecule has 0 aliphatic carbocycles. The monoisotopic (exact) mass is 422 g/mol. The maximum atomic E-state index is 12.5. The third kappa shape index (κ3) is 5.17. The molecule has 4 rings (SSSR count). The minimum Gasteiger partial charge on any atom is -0.369 e. The van der Waals surface area contributed by atoms with Crippen LogP contribution in [0.4, 0.5) is 11.4 Å². The van der Waals surface area contributed by atoms with Crippen LogP contribution in [-0.4, -0.2) is 51.0 Å². The number of hydrogen-bond acceptors (Lipinski definition) is 5. The number of piperazine rings is 1. The molecule has 0 unspecified atom stereocenters. The Morgan fingerprint density at radius 1 is 0.867 bits per heavy atom. The summed E-state index contributed by atoms with van der Waals surface area (Å²) in [7, 11) is -3.68. The van der Waals surface area contributed by atoms with Gasteiger partial charge in [0.1, 0.15) is 0 Å². The molecule has 3 aromatic rings. The van der Waals surface area contributed by atoms with Crippen molar-refractivity contribution in [1.82, 2.24) is 9.88 Å². The van der Waals surface area contributed by atoms with Gasteiger partial charge in [-0.3, -0.25) is 9.62 Å². The second-order valence-electron chi connectivity index (χ2n) is 7.39. The third-order valence-corrected chi connectivity index (χ3v) is 6.60. The van der Waals surface area contributed by atoms with Gasteiger partial charge in [-0.2, -0.15) is 8.42 Å².